The average Bonchev–Trinajstić information content (AvgIpc) is 3.15. The topological polar surface area (TPSA) is 67.0 Å². The monoisotopic (exact) mass is 407 g/mol. The van der Waals surface area contributed by atoms with Crippen molar-refractivity contribution < 1.29 is 9.53 Å². The molecule has 0 aliphatic rings. The van der Waals surface area contributed by atoms with E-state index in [0.717, 1.165) is 16.5 Å². The third-order valence-electron chi connectivity index (χ3n) is 5.04. The molecule has 31 heavy (non-hydrogen) atoms. The predicted molar refractivity (Wildman–Crippen MR) is 123 cm³/mol. The number of benzene rings is 3. The second-order valence-electron chi connectivity index (χ2n) is 7.04. The van der Waals surface area contributed by atoms with Crippen molar-refractivity contribution in [3.63, 3.8) is 0 Å². The van der Waals surface area contributed by atoms with Crippen molar-refractivity contribution in [2.24, 2.45) is 0 Å². The van der Waals surface area contributed by atoms with Gasteiger partial charge in [0.2, 0.25) is 0 Å². The highest BCUT2D eigenvalue weighted by Gasteiger charge is 2.14. The van der Waals surface area contributed by atoms with Gasteiger partial charge in [-0.2, -0.15) is 5.26 Å². The van der Waals surface area contributed by atoms with Crippen molar-refractivity contribution in [3.05, 3.63) is 102 Å². The molecule has 1 aromatic heterocycles. The smallest absolute Gasteiger partial charge is 0.266 e. The predicted octanol–water partition coefficient (Wildman–Crippen LogP) is 5.24. The molecule has 3 aromatic carbocycles. The number of anilines is 1. The summed E-state index contributed by atoms with van der Waals surface area (Å²) < 4.78 is 7.40. The number of methoxy groups -OCH3 is 1. The number of hydrogen-bond acceptors (Lipinski definition) is 3. The standard InChI is InChI=1S/C26H21N3O2/c1-31-25-14-8-6-12-23(25)28-26(30)20(16-27)15-21-18-29(17-19-9-3-2-4-10-19)24-13-7-5-11-22(21)24/h2-15,18H,17H2,1H3,(H,28,30)/b20-15+. The molecule has 1 amide bonds. The lowest BCUT2D eigenvalue weighted by atomic mass is 10.1. The lowest BCUT2D eigenvalue weighted by molar-refractivity contribution is -0.112. The summed E-state index contributed by atoms with van der Waals surface area (Å²) in [5.74, 6) is 0.0551. The number of rotatable bonds is 6. The van der Waals surface area contributed by atoms with Crippen LogP contribution in [0.15, 0.2) is 90.6 Å². The molecule has 152 valence electrons. The third kappa shape index (κ3) is 4.34. The molecule has 1 N–H and O–H groups in total. The average molecular weight is 407 g/mol. The number of nitrogens with one attached hydrogen (secondary N) is 1. The molecule has 0 saturated carbocycles. The molecular formula is C26H21N3O2. The van der Waals surface area contributed by atoms with Gasteiger partial charge in [0.15, 0.2) is 0 Å². The van der Waals surface area contributed by atoms with E-state index in [1.807, 2.05) is 60.8 Å². The minimum Gasteiger partial charge on any atom is -0.495 e. The number of carbonyl (C=O) groups excluding carboxylic acids is 1. The maximum absolute atomic E-state index is 12.8. The van der Waals surface area contributed by atoms with Crippen molar-refractivity contribution in [3.8, 4) is 11.8 Å². The van der Waals surface area contributed by atoms with Gasteiger partial charge >= 0.3 is 0 Å². The summed E-state index contributed by atoms with van der Waals surface area (Å²) in [5, 5.41) is 13.4. The molecule has 4 rings (SSSR count). The Bertz CT molecular complexity index is 1300. The van der Waals surface area contributed by atoms with E-state index in [1.165, 1.54) is 12.7 Å². The Morgan fingerprint density at radius 3 is 2.52 bits per heavy atom. The van der Waals surface area contributed by atoms with Crippen LogP contribution < -0.4 is 10.1 Å². The molecule has 1 heterocycles. The highest BCUT2D eigenvalue weighted by atomic mass is 16.5. The molecule has 4 aromatic rings. The summed E-state index contributed by atoms with van der Waals surface area (Å²) in [5.41, 5.74) is 3.57. The van der Waals surface area contributed by atoms with Crippen molar-refractivity contribution in [1.82, 2.24) is 4.57 Å². The summed E-state index contributed by atoms with van der Waals surface area (Å²) in [6, 6.07) is 27.3. The SMILES string of the molecule is COc1ccccc1NC(=O)/C(C#N)=C/c1cn(Cc2ccccc2)c2ccccc12. The molecule has 0 fully saturated rings. The lowest BCUT2D eigenvalue weighted by Gasteiger charge is -2.09. The van der Waals surface area contributed by atoms with Gasteiger partial charge in [0.25, 0.3) is 5.91 Å². The van der Waals surface area contributed by atoms with Crippen molar-refractivity contribution in [1.29, 1.82) is 5.26 Å². The van der Waals surface area contributed by atoms with Crippen LogP contribution in [0.5, 0.6) is 5.75 Å². The zero-order valence-corrected chi connectivity index (χ0v) is 17.1. The van der Waals surface area contributed by atoms with Gasteiger partial charge in [-0.25, -0.2) is 0 Å². The molecule has 0 bridgehead atoms. The van der Waals surface area contributed by atoms with E-state index in [0.29, 0.717) is 18.0 Å². The fourth-order valence-corrected chi connectivity index (χ4v) is 3.54. The minimum absolute atomic E-state index is 0.0218. The molecule has 5 heteroatoms. The Kier molecular flexibility index (Phi) is 5.82. The van der Waals surface area contributed by atoms with E-state index in [2.05, 4.69) is 22.0 Å². The van der Waals surface area contributed by atoms with Crippen LogP contribution in [-0.4, -0.2) is 17.6 Å². The molecule has 5 nitrogen and oxygen atoms in total. The Labute approximate surface area is 180 Å². The second-order valence-corrected chi connectivity index (χ2v) is 7.04. The van der Waals surface area contributed by atoms with E-state index < -0.39 is 5.91 Å². The van der Waals surface area contributed by atoms with Gasteiger partial charge in [-0.05, 0) is 29.8 Å². The highest BCUT2D eigenvalue weighted by Crippen LogP contribution is 2.26. The quantitative estimate of drug-likeness (QED) is 0.351. The first-order valence-corrected chi connectivity index (χ1v) is 9.87. The van der Waals surface area contributed by atoms with E-state index >= 15 is 0 Å². The van der Waals surface area contributed by atoms with E-state index in [9.17, 15) is 10.1 Å². The molecule has 0 atom stereocenters. The molecular weight excluding hydrogens is 386 g/mol. The first-order chi connectivity index (χ1) is 15.2. The van der Waals surface area contributed by atoms with Crippen LogP contribution >= 0.6 is 0 Å². The summed E-state index contributed by atoms with van der Waals surface area (Å²) in [7, 11) is 1.54. The summed E-state index contributed by atoms with van der Waals surface area (Å²) in [6.45, 7) is 0.699. The van der Waals surface area contributed by atoms with Crippen LogP contribution in [0.2, 0.25) is 0 Å². The van der Waals surface area contributed by atoms with Gasteiger partial charge in [0, 0.05) is 29.2 Å². The molecule has 0 radical (unpaired) electrons. The largest absolute Gasteiger partial charge is 0.495 e. The normalized spacial score (nSPS) is 11.2. The first-order valence-electron chi connectivity index (χ1n) is 9.87. The molecule has 0 aliphatic carbocycles. The molecule has 0 unspecified atom stereocenters. The molecule has 0 aliphatic heterocycles. The zero-order chi connectivity index (χ0) is 21.6. The van der Waals surface area contributed by atoms with Crippen LogP contribution in [0.4, 0.5) is 5.69 Å². The number of aromatic nitrogens is 1. The van der Waals surface area contributed by atoms with Crippen LogP contribution in [0.25, 0.3) is 17.0 Å². The van der Waals surface area contributed by atoms with Crippen LogP contribution in [0.3, 0.4) is 0 Å². The maximum atomic E-state index is 12.8. The first kappa shape index (κ1) is 20.0. The summed E-state index contributed by atoms with van der Waals surface area (Å²) >= 11 is 0. The van der Waals surface area contributed by atoms with E-state index in [1.54, 1.807) is 24.3 Å². The summed E-state index contributed by atoms with van der Waals surface area (Å²) in [6.07, 6.45) is 3.61. The van der Waals surface area contributed by atoms with Gasteiger partial charge in [0.05, 0.1) is 12.8 Å². The zero-order valence-electron chi connectivity index (χ0n) is 17.1. The van der Waals surface area contributed by atoms with Crippen LogP contribution in [0.1, 0.15) is 11.1 Å². The third-order valence-corrected chi connectivity index (χ3v) is 5.04. The van der Waals surface area contributed by atoms with Crippen LogP contribution in [-0.2, 0) is 11.3 Å². The van der Waals surface area contributed by atoms with Gasteiger partial charge in [-0.1, -0.05) is 60.7 Å². The number of ether oxygens (including phenoxy) is 1. The van der Waals surface area contributed by atoms with Gasteiger partial charge in [0.1, 0.15) is 17.4 Å². The molecule has 0 spiro atoms. The van der Waals surface area contributed by atoms with E-state index in [-0.39, 0.29) is 5.57 Å². The fourth-order valence-electron chi connectivity index (χ4n) is 3.54. The number of nitriles is 1. The minimum atomic E-state index is -0.480. The highest BCUT2D eigenvalue weighted by molar-refractivity contribution is 6.11. The number of fused-ring (bicyclic) bond motifs is 1. The lowest BCUT2D eigenvalue weighted by Crippen LogP contribution is -2.14. The van der Waals surface area contributed by atoms with Gasteiger partial charge < -0.3 is 14.6 Å². The number of amides is 1. The molecule has 0 saturated heterocycles. The maximum Gasteiger partial charge on any atom is 0.266 e. The van der Waals surface area contributed by atoms with E-state index in [4.69, 9.17) is 4.74 Å². The van der Waals surface area contributed by atoms with Crippen LogP contribution in [0, 0.1) is 11.3 Å². The number of nitrogens with zero attached hydrogens (tertiary/aromatic N) is 2. The Hall–Kier alpha value is -4.30. The van der Waals surface area contributed by atoms with Crippen molar-refractivity contribution in [2.75, 3.05) is 12.4 Å². The second kappa shape index (κ2) is 9.02. The Morgan fingerprint density at radius 2 is 1.74 bits per heavy atom. The Morgan fingerprint density at radius 1 is 1.03 bits per heavy atom. The number of hydrogen-bond donors (Lipinski definition) is 1. The number of para-hydroxylation sites is 3. The summed E-state index contributed by atoms with van der Waals surface area (Å²) in [4.78, 5) is 12.8. The van der Waals surface area contributed by atoms with Gasteiger partial charge in [-0.3, -0.25) is 4.79 Å². The fraction of sp³-hybridized carbons (Fsp3) is 0.0769. The number of carbonyl (C=O) groups is 1. The van der Waals surface area contributed by atoms with Crippen molar-refractivity contribution in [2.45, 2.75) is 6.54 Å². The van der Waals surface area contributed by atoms with Gasteiger partial charge in [-0.15, -0.1) is 0 Å². The van der Waals surface area contributed by atoms with Crippen molar-refractivity contribution >= 4 is 28.6 Å². The Balaban J connectivity index is 1.68.